The Bertz CT molecular complexity index is 1260. The number of thioether (sulfide) groups is 1. The Labute approximate surface area is 223 Å². The van der Waals surface area contributed by atoms with E-state index in [1.54, 1.807) is 80.2 Å². The molecular weight excluding hydrogens is 542 g/mol. The predicted molar refractivity (Wildman–Crippen MR) is 149 cm³/mol. The van der Waals surface area contributed by atoms with Crippen molar-refractivity contribution >= 4 is 56.8 Å². The molecule has 2 amide bonds. The molecule has 0 radical (unpaired) electrons. The molecule has 0 fully saturated rings. The average molecular weight is 571 g/mol. The molecule has 3 rings (SSSR count). The summed E-state index contributed by atoms with van der Waals surface area (Å²) in [5, 5.41) is 16.0. The number of aromatic hydroxyl groups is 1. The number of nitrogens with two attached hydrogens (primary N) is 1. The maximum Gasteiger partial charge on any atom is 0.412 e. The van der Waals surface area contributed by atoms with Crippen molar-refractivity contribution in [3.8, 4) is 5.75 Å². The van der Waals surface area contributed by atoms with E-state index in [1.807, 2.05) is 18.4 Å². The van der Waals surface area contributed by atoms with E-state index in [9.17, 15) is 14.7 Å². The van der Waals surface area contributed by atoms with Crippen molar-refractivity contribution in [2.45, 2.75) is 24.8 Å². The van der Waals surface area contributed by atoms with E-state index in [0.717, 1.165) is 4.90 Å². The van der Waals surface area contributed by atoms with Crippen molar-refractivity contribution in [3.05, 3.63) is 88.9 Å². The number of nitrogen functional groups attached to an aromatic ring is 1. The molecule has 0 heterocycles. The van der Waals surface area contributed by atoms with Gasteiger partial charge in [0.1, 0.15) is 11.9 Å². The molecule has 9 heteroatoms. The van der Waals surface area contributed by atoms with Crippen LogP contribution in [0.4, 0.5) is 21.9 Å². The Hall–Kier alpha value is -3.43. The van der Waals surface area contributed by atoms with Crippen LogP contribution in [-0.4, -0.2) is 23.4 Å². The fourth-order valence-electron chi connectivity index (χ4n) is 3.44. The molecule has 0 spiro atoms. The van der Waals surface area contributed by atoms with Crippen LogP contribution in [0.25, 0.3) is 0 Å². The van der Waals surface area contributed by atoms with Crippen LogP contribution in [0.1, 0.15) is 25.5 Å². The number of anilines is 3. The smallest absolute Gasteiger partial charge is 0.412 e. The number of halogens is 1. The van der Waals surface area contributed by atoms with Gasteiger partial charge in [0.25, 0.3) is 0 Å². The lowest BCUT2D eigenvalue weighted by Gasteiger charge is -2.32. The van der Waals surface area contributed by atoms with Crippen LogP contribution >= 0.6 is 27.7 Å². The quantitative estimate of drug-likeness (QED) is 0.132. The fourth-order valence-corrected chi connectivity index (χ4v) is 4.23. The van der Waals surface area contributed by atoms with Crippen LogP contribution in [-0.2, 0) is 9.53 Å². The van der Waals surface area contributed by atoms with Crippen LogP contribution in [0.2, 0.25) is 0 Å². The predicted octanol–water partition coefficient (Wildman–Crippen LogP) is 6.97. The highest BCUT2D eigenvalue weighted by Crippen LogP contribution is 2.42. The Morgan fingerprint density at radius 3 is 2.44 bits per heavy atom. The van der Waals surface area contributed by atoms with Gasteiger partial charge < -0.3 is 20.9 Å². The van der Waals surface area contributed by atoms with Crippen LogP contribution in [0, 0.1) is 5.41 Å². The first-order valence-corrected chi connectivity index (χ1v) is 13.1. The molecular formula is C27H28BrN3O4S. The molecule has 3 aromatic rings. The third-order valence-corrected chi connectivity index (χ3v) is 6.63. The molecule has 0 saturated heterocycles. The van der Waals surface area contributed by atoms with Gasteiger partial charge in [-0.2, -0.15) is 0 Å². The number of hydrogen-bond donors (Lipinski definition) is 4. The van der Waals surface area contributed by atoms with Crippen molar-refractivity contribution in [2.24, 2.45) is 5.41 Å². The lowest BCUT2D eigenvalue weighted by atomic mass is 9.81. The second kappa shape index (κ2) is 12.0. The number of benzene rings is 3. The van der Waals surface area contributed by atoms with Crippen molar-refractivity contribution < 1.29 is 19.4 Å². The first-order valence-electron chi connectivity index (χ1n) is 11.0. The summed E-state index contributed by atoms with van der Waals surface area (Å²) in [6.45, 7) is 3.61. The van der Waals surface area contributed by atoms with Gasteiger partial charge in [-0.15, -0.1) is 11.8 Å². The molecule has 7 nitrogen and oxygen atoms in total. The standard InChI is InChI=1S/C27H28BrN3O4S/c1-27(2,15-14-24(33)31-22-7-5-4-6-21(22)29)25(20-16-17(28)8-13-23(20)32)35-26(34)30-18-9-11-19(36-3)12-10-18/h4-16,25,32H,29H2,1-3H3,(H,30,34)(H,31,33)/b15-14+/t25-/m0/s1. The van der Waals surface area contributed by atoms with Crippen LogP contribution in [0.15, 0.2) is 88.3 Å². The van der Waals surface area contributed by atoms with Crippen molar-refractivity contribution in [1.29, 1.82) is 0 Å². The van der Waals surface area contributed by atoms with Gasteiger partial charge >= 0.3 is 6.09 Å². The van der Waals surface area contributed by atoms with Gasteiger partial charge in [-0.1, -0.05) is 48.0 Å². The van der Waals surface area contributed by atoms with E-state index in [0.29, 0.717) is 27.1 Å². The van der Waals surface area contributed by atoms with Gasteiger partial charge in [-0.3, -0.25) is 10.1 Å². The third-order valence-electron chi connectivity index (χ3n) is 5.39. The van der Waals surface area contributed by atoms with Gasteiger partial charge in [0, 0.05) is 26.0 Å². The molecule has 0 aliphatic heterocycles. The zero-order valence-corrected chi connectivity index (χ0v) is 22.5. The normalized spacial score (nSPS) is 12.2. The van der Waals surface area contributed by atoms with Crippen molar-refractivity contribution in [3.63, 3.8) is 0 Å². The number of rotatable bonds is 8. The minimum absolute atomic E-state index is 0.0386. The van der Waals surface area contributed by atoms with Gasteiger partial charge in [0.2, 0.25) is 5.91 Å². The molecule has 0 aliphatic carbocycles. The zero-order valence-electron chi connectivity index (χ0n) is 20.1. The highest BCUT2D eigenvalue weighted by atomic mass is 79.9. The maximum atomic E-state index is 12.9. The number of phenols is 1. The number of para-hydroxylation sites is 2. The van der Waals surface area contributed by atoms with Crippen LogP contribution in [0.5, 0.6) is 5.75 Å². The first-order chi connectivity index (χ1) is 17.1. The number of amides is 2. The molecule has 188 valence electrons. The van der Waals surface area contributed by atoms with Gasteiger partial charge in [-0.25, -0.2) is 4.79 Å². The largest absolute Gasteiger partial charge is 0.508 e. The summed E-state index contributed by atoms with van der Waals surface area (Å²) < 4.78 is 6.53. The number of hydrogen-bond acceptors (Lipinski definition) is 6. The van der Waals surface area contributed by atoms with Crippen molar-refractivity contribution in [1.82, 2.24) is 0 Å². The summed E-state index contributed by atoms with van der Waals surface area (Å²) in [4.78, 5) is 26.5. The summed E-state index contributed by atoms with van der Waals surface area (Å²) in [6, 6.07) is 19.2. The Kier molecular flexibility index (Phi) is 9.06. The molecule has 3 aromatic carbocycles. The van der Waals surface area contributed by atoms with Gasteiger partial charge in [0.15, 0.2) is 0 Å². The molecule has 0 saturated carbocycles. The average Bonchev–Trinajstić information content (AvgIpc) is 2.85. The van der Waals surface area contributed by atoms with Gasteiger partial charge in [-0.05, 0) is 66.9 Å². The van der Waals surface area contributed by atoms with E-state index >= 15 is 0 Å². The summed E-state index contributed by atoms with van der Waals surface area (Å²) in [7, 11) is 0. The molecule has 36 heavy (non-hydrogen) atoms. The van der Waals surface area contributed by atoms with E-state index in [-0.39, 0.29) is 5.75 Å². The molecule has 1 atom stereocenters. The summed E-state index contributed by atoms with van der Waals surface area (Å²) in [5.74, 6) is -0.431. The SMILES string of the molecule is CSc1ccc(NC(=O)O[C@@H](c2cc(Br)ccc2O)C(C)(C)/C=C/C(=O)Nc2ccccc2N)cc1. The molecule has 0 bridgehead atoms. The lowest BCUT2D eigenvalue weighted by Crippen LogP contribution is -2.28. The molecule has 5 N–H and O–H groups in total. The Morgan fingerprint density at radius 2 is 1.78 bits per heavy atom. The second-order valence-corrected chi connectivity index (χ2v) is 10.4. The molecule has 0 aliphatic rings. The molecule has 0 unspecified atom stereocenters. The van der Waals surface area contributed by atoms with Crippen molar-refractivity contribution in [2.75, 3.05) is 22.6 Å². The lowest BCUT2D eigenvalue weighted by molar-refractivity contribution is -0.112. The number of phenolic OH excluding ortho intramolecular Hbond substituents is 1. The Balaban J connectivity index is 1.84. The Morgan fingerprint density at radius 1 is 1.08 bits per heavy atom. The summed E-state index contributed by atoms with van der Waals surface area (Å²) in [6.07, 6.45) is 3.34. The minimum Gasteiger partial charge on any atom is -0.508 e. The van der Waals surface area contributed by atoms with E-state index in [2.05, 4.69) is 26.6 Å². The fraction of sp³-hybridized carbons (Fsp3) is 0.185. The second-order valence-electron chi connectivity index (χ2n) is 8.57. The van der Waals surface area contributed by atoms with Gasteiger partial charge in [0.05, 0.1) is 11.4 Å². The van der Waals surface area contributed by atoms with Crippen LogP contribution < -0.4 is 16.4 Å². The zero-order chi connectivity index (χ0) is 26.3. The topological polar surface area (TPSA) is 114 Å². The number of ether oxygens (including phenoxy) is 1. The maximum absolute atomic E-state index is 12.9. The first kappa shape index (κ1) is 27.2. The van der Waals surface area contributed by atoms with E-state index in [4.69, 9.17) is 10.5 Å². The van der Waals surface area contributed by atoms with E-state index < -0.39 is 23.5 Å². The minimum atomic E-state index is -0.925. The van der Waals surface area contributed by atoms with Crippen LogP contribution in [0.3, 0.4) is 0 Å². The molecule has 0 aromatic heterocycles. The summed E-state index contributed by atoms with van der Waals surface area (Å²) in [5.41, 5.74) is 6.91. The monoisotopic (exact) mass is 569 g/mol. The highest BCUT2D eigenvalue weighted by molar-refractivity contribution is 9.10. The van der Waals surface area contributed by atoms with E-state index in [1.165, 1.54) is 12.1 Å². The highest BCUT2D eigenvalue weighted by Gasteiger charge is 2.34. The third kappa shape index (κ3) is 7.29. The summed E-state index contributed by atoms with van der Waals surface area (Å²) >= 11 is 5.00. The number of carbonyl (C=O) groups is 2. The number of carbonyl (C=O) groups excluding carboxylic acids is 2. The number of nitrogens with one attached hydrogen (secondary N) is 2.